The summed E-state index contributed by atoms with van der Waals surface area (Å²) in [6.07, 6.45) is 4.80. The van der Waals surface area contributed by atoms with Crippen LogP contribution in [0.4, 0.5) is 5.13 Å². The molecule has 3 rings (SSSR count). The molecule has 27 heavy (non-hydrogen) atoms. The summed E-state index contributed by atoms with van der Waals surface area (Å²) in [5.41, 5.74) is 1.35. The van der Waals surface area contributed by atoms with Crippen LogP contribution in [0.25, 0.3) is 6.08 Å². The van der Waals surface area contributed by atoms with Gasteiger partial charge >= 0.3 is 0 Å². The van der Waals surface area contributed by atoms with E-state index >= 15 is 0 Å². The van der Waals surface area contributed by atoms with E-state index in [1.54, 1.807) is 37.4 Å². The van der Waals surface area contributed by atoms with Crippen LogP contribution in [-0.2, 0) is 11.2 Å². The van der Waals surface area contributed by atoms with Crippen molar-refractivity contribution >= 4 is 62.7 Å². The highest BCUT2D eigenvalue weighted by atomic mass is 32.2. The van der Waals surface area contributed by atoms with Crippen LogP contribution in [0.15, 0.2) is 29.2 Å². The Hall–Kier alpha value is -2.10. The molecule has 2 aromatic rings. The van der Waals surface area contributed by atoms with Gasteiger partial charge in [0, 0.05) is 19.0 Å². The second kappa shape index (κ2) is 8.73. The molecule has 1 aliphatic rings. The number of amides is 2. The number of hydrogen-bond acceptors (Lipinski definition) is 7. The van der Waals surface area contributed by atoms with E-state index in [1.165, 1.54) is 28.0 Å². The SMILES string of the molecule is CCCCc1nnc(NC(=O)c2ccc(C=C3SC(=S)N(C)C3=O)cc2)s1. The number of unbranched alkanes of at least 4 members (excludes halogenated alkanes) is 1. The Kier molecular flexibility index (Phi) is 6.35. The van der Waals surface area contributed by atoms with E-state index in [4.69, 9.17) is 12.2 Å². The van der Waals surface area contributed by atoms with Gasteiger partial charge in [-0.05, 0) is 30.2 Å². The third-order valence-electron chi connectivity index (χ3n) is 3.89. The van der Waals surface area contributed by atoms with Gasteiger partial charge in [0.05, 0.1) is 4.91 Å². The maximum atomic E-state index is 12.4. The van der Waals surface area contributed by atoms with E-state index in [9.17, 15) is 9.59 Å². The Balaban J connectivity index is 1.65. The summed E-state index contributed by atoms with van der Waals surface area (Å²) in [4.78, 5) is 26.4. The number of likely N-dealkylation sites (N-methyl/N-ethyl adjacent to an activating group) is 1. The quantitative estimate of drug-likeness (QED) is 0.565. The van der Waals surface area contributed by atoms with Gasteiger partial charge in [0.2, 0.25) is 5.13 Å². The number of nitrogens with zero attached hydrogens (tertiary/aromatic N) is 3. The van der Waals surface area contributed by atoms with Crippen molar-refractivity contribution in [3.8, 4) is 0 Å². The summed E-state index contributed by atoms with van der Waals surface area (Å²) in [6.45, 7) is 2.12. The highest BCUT2D eigenvalue weighted by Crippen LogP contribution is 2.31. The van der Waals surface area contributed by atoms with Gasteiger partial charge in [-0.15, -0.1) is 10.2 Å². The molecule has 1 aromatic heterocycles. The minimum Gasteiger partial charge on any atom is -0.296 e. The van der Waals surface area contributed by atoms with Gasteiger partial charge in [-0.2, -0.15) is 0 Å². The van der Waals surface area contributed by atoms with Gasteiger partial charge < -0.3 is 0 Å². The van der Waals surface area contributed by atoms with Crippen LogP contribution in [0.3, 0.4) is 0 Å². The number of aryl methyl sites for hydroxylation is 1. The minimum atomic E-state index is -0.236. The molecule has 1 aliphatic heterocycles. The number of carbonyl (C=O) groups excluding carboxylic acids is 2. The molecule has 140 valence electrons. The molecule has 0 spiro atoms. The van der Waals surface area contributed by atoms with Gasteiger partial charge in [0.25, 0.3) is 11.8 Å². The molecule has 0 saturated carbocycles. The van der Waals surface area contributed by atoms with Gasteiger partial charge in [0.1, 0.15) is 9.33 Å². The molecule has 0 unspecified atom stereocenters. The van der Waals surface area contributed by atoms with E-state index in [-0.39, 0.29) is 11.8 Å². The average molecular weight is 419 g/mol. The fourth-order valence-electron chi connectivity index (χ4n) is 2.33. The first-order valence-corrected chi connectivity index (χ1v) is 10.5. The predicted octanol–water partition coefficient (Wildman–Crippen LogP) is 3.96. The zero-order valence-electron chi connectivity index (χ0n) is 14.9. The van der Waals surface area contributed by atoms with E-state index in [1.807, 2.05) is 0 Å². The molecule has 2 heterocycles. The molecule has 1 N–H and O–H groups in total. The molecule has 0 atom stereocenters. The minimum absolute atomic E-state index is 0.109. The largest absolute Gasteiger partial charge is 0.296 e. The van der Waals surface area contributed by atoms with Crippen LogP contribution in [0, 0.1) is 0 Å². The fraction of sp³-hybridized carbons (Fsp3) is 0.278. The molecule has 1 aromatic carbocycles. The van der Waals surface area contributed by atoms with E-state index < -0.39 is 0 Å². The monoisotopic (exact) mass is 418 g/mol. The third-order valence-corrected chi connectivity index (χ3v) is 6.27. The highest BCUT2D eigenvalue weighted by molar-refractivity contribution is 8.26. The van der Waals surface area contributed by atoms with Crippen LogP contribution in [-0.4, -0.2) is 38.3 Å². The van der Waals surface area contributed by atoms with Crippen molar-refractivity contribution in [2.75, 3.05) is 12.4 Å². The molecule has 0 radical (unpaired) electrons. The van der Waals surface area contributed by atoms with Crippen LogP contribution in [0.5, 0.6) is 0 Å². The number of rotatable bonds is 6. The molecular weight excluding hydrogens is 400 g/mol. The lowest BCUT2D eigenvalue weighted by molar-refractivity contribution is -0.121. The number of anilines is 1. The second-order valence-electron chi connectivity index (χ2n) is 5.92. The van der Waals surface area contributed by atoms with Crippen LogP contribution < -0.4 is 5.32 Å². The molecule has 1 saturated heterocycles. The first-order valence-electron chi connectivity index (χ1n) is 8.43. The number of nitrogens with one attached hydrogen (secondary N) is 1. The first kappa shape index (κ1) is 19.7. The van der Waals surface area contributed by atoms with E-state index in [2.05, 4.69) is 22.4 Å². The lowest BCUT2D eigenvalue weighted by atomic mass is 10.1. The summed E-state index contributed by atoms with van der Waals surface area (Å²) < 4.78 is 0.539. The van der Waals surface area contributed by atoms with Crippen LogP contribution >= 0.6 is 35.3 Å². The van der Waals surface area contributed by atoms with Crippen molar-refractivity contribution < 1.29 is 9.59 Å². The zero-order chi connectivity index (χ0) is 19.4. The lowest BCUT2D eigenvalue weighted by Gasteiger charge is -2.04. The zero-order valence-corrected chi connectivity index (χ0v) is 17.3. The number of thioether (sulfide) groups is 1. The van der Waals surface area contributed by atoms with E-state index in [0.717, 1.165) is 29.8 Å². The molecule has 1 fully saturated rings. The van der Waals surface area contributed by atoms with Gasteiger partial charge in [-0.3, -0.25) is 19.8 Å². The Morgan fingerprint density at radius 1 is 1.30 bits per heavy atom. The first-order chi connectivity index (χ1) is 13.0. The molecule has 0 bridgehead atoms. The molecular formula is C18H18N4O2S3. The van der Waals surface area contributed by atoms with Crippen molar-refractivity contribution in [1.82, 2.24) is 15.1 Å². The van der Waals surface area contributed by atoms with Gasteiger partial charge in [0.15, 0.2) is 0 Å². The maximum absolute atomic E-state index is 12.4. The Morgan fingerprint density at radius 2 is 2.04 bits per heavy atom. The van der Waals surface area contributed by atoms with Crippen molar-refractivity contribution in [3.05, 3.63) is 45.3 Å². The maximum Gasteiger partial charge on any atom is 0.265 e. The van der Waals surface area contributed by atoms with Crippen molar-refractivity contribution in [3.63, 3.8) is 0 Å². The predicted molar refractivity (Wildman–Crippen MR) is 114 cm³/mol. The van der Waals surface area contributed by atoms with Crippen molar-refractivity contribution in [2.45, 2.75) is 26.2 Å². The van der Waals surface area contributed by atoms with E-state index in [0.29, 0.717) is 19.9 Å². The molecule has 9 heteroatoms. The van der Waals surface area contributed by atoms with Crippen molar-refractivity contribution in [1.29, 1.82) is 0 Å². The second-order valence-corrected chi connectivity index (χ2v) is 8.66. The number of thiocarbonyl (C=S) groups is 1. The number of carbonyl (C=O) groups is 2. The Labute approximate surface area is 171 Å². The molecule has 2 amide bonds. The van der Waals surface area contributed by atoms with Gasteiger partial charge in [-0.25, -0.2) is 0 Å². The summed E-state index contributed by atoms with van der Waals surface area (Å²) in [5, 5.41) is 12.3. The topological polar surface area (TPSA) is 75.2 Å². The summed E-state index contributed by atoms with van der Waals surface area (Å²) in [5.74, 6) is -0.346. The summed E-state index contributed by atoms with van der Waals surface area (Å²) in [6, 6.07) is 7.02. The molecule has 6 nitrogen and oxygen atoms in total. The van der Waals surface area contributed by atoms with Crippen molar-refractivity contribution in [2.24, 2.45) is 0 Å². The number of hydrogen-bond donors (Lipinski definition) is 1. The smallest absolute Gasteiger partial charge is 0.265 e. The Morgan fingerprint density at radius 3 is 2.67 bits per heavy atom. The summed E-state index contributed by atoms with van der Waals surface area (Å²) >= 11 is 7.79. The molecule has 0 aliphatic carbocycles. The average Bonchev–Trinajstić information content (AvgIpc) is 3.20. The standard InChI is InChI=1S/C18H18N4O2S3/c1-3-4-5-14-20-21-17(27-14)19-15(23)12-8-6-11(7-9-12)10-13-16(24)22(2)18(25)26-13/h6-10H,3-5H2,1-2H3,(H,19,21,23). The van der Waals surface area contributed by atoms with Crippen LogP contribution in [0.2, 0.25) is 0 Å². The highest BCUT2D eigenvalue weighted by Gasteiger charge is 2.28. The normalized spacial score (nSPS) is 15.6. The lowest BCUT2D eigenvalue weighted by Crippen LogP contribution is -2.22. The fourth-order valence-corrected chi connectivity index (χ4v) is 4.29. The number of aromatic nitrogens is 2. The van der Waals surface area contributed by atoms with Gasteiger partial charge in [-0.1, -0.05) is 60.8 Å². The Bertz CT molecular complexity index is 906. The number of benzene rings is 1. The van der Waals surface area contributed by atoms with Crippen LogP contribution in [0.1, 0.15) is 40.7 Å². The summed E-state index contributed by atoms with van der Waals surface area (Å²) in [7, 11) is 1.66. The third kappa shape index (κ3) is 4.79.